The highest BCUT2D eigenvalue weighted by Gasteiger charge is 2.24. The number of sulfonamides is 1. The number of nitrogens with one attached hydrogen (secondary N) is 1. The van der Waals surface area contributed by atoms with Crippen molar-refractivity contribution in [1.29, 1.82) is 0 Å². The standard InChI is InChI=1S/C28H31Cl2N5O3S/c1-4-35-27(18-31-28(35)38-21-7-5-6-20(16-21)34-14-12-33(3)13-15-34)19(2)32-39(36,37)22-8-9-23-24(17-22)26(30)11-10-25(23)29/h5-11,16-19,32H,4,12-15H2,1-3H3. The van der Waals surface area contributed by atoms with E-state index in [0.717, 1.165) is 31.9 Å². The second-order valence-electron chi connectivity index (χ2n) is 9.68. The van der Waals surface area contributed by atoms with Gasteiger partial charge in [-0.05, 0) is 57.3 Å². The number of aromatic nitrogens is 2. The van der Waals surface area contributed by atoms with Gasteiger partial charge in [-0.25, -0.2) is 18.1 Å². The SMILES string of the molecule is CCn1c(C(C)NS(=O)(=O)c2ccc3c(Cl)ccc(Cl)c3c2)cnc1Oc1cccc(N2CCN(C)CC2)c1. The van der Waals surface area contributed by atoms with Gasteiger partial charge < -0.3 is 14.5 Å². The highest BCUT2D eigenvalue weighted by molar-refractivity contribution is 7.89. The van der Waals surface area contributed by atoms with Gasteiger partial charge in [0.05, 0.1) is 22.8 Å². The molecular weight excluding hydrogens is 557 g/mol. The first-order valence-corrected chi connectivity index (χ1v) is 15.1. The average molecular weight is 589 g/mol. The van der Waals surface area contributed by atoms with Crippen molar-refractivity contribution >= 4 is 49.7 Å². The van der Waals surface area contributed by atoms with E-state index in [9.17, 15) is 8.42 Å². The maximum Gasteiger partial charge on any atom is 0.302 e. The maximum atomic E-state index is 13.3. The minimum Gasteiger partial charge on any atom is -0.425 e. The van der Waals surface area contributed by atoms with Gasteiger partial charge in [-0.3, -0.25) is 4.57 Å². The predicted octanol–water partition coefficient (Wildman–Crippen LogP) is 5.95. The Balaban J connectivity index is 1.35. The summed E-state index contributed by atoms with van der Waals surface area (Å²) in [5.41, 5.74) is 1.79. The summed E-state index contributed by atoms with van der Waals surface area (Å²) in [4.78, 5) is 9.24. The number of likely N-dealkylation sites (N-methyl/N-ethyl adjacent to an activating group) is 1. The molecule has 4 aromatic rings. The van der Waals surface area contributed by atoms with Gasteiger partial charge in [-0.1, -0.05) is 35.3 Å². The van der Waals surface area contributed by atoms with Crippen molar-refractivity contribution in [1.82, 2.24) is 19.2 Å². The van der Waals surface area contributed by atoms with Crippen molar-refractivity contribution in [2.45, 2.75) is 31.3 Å². The lowest BCUT2D eigenvalue weighted by molar-refractivity contribution is 0.312. The second kappa shape index (κ2) is 11.3. The Morgan fingerprint density at radius 2 is 1.72 bits per heavy atom. The molecule has 1 N–H and O–H groups in total. The van der Waals surface area contributed by atoms with E-state index >= 15 is 0 Å². The first-order valence-electron chi connectivity index (χ1n) is 12.8. The molecule has 11 heteroatoms. The lowest BCUT2D eigenvalue weighted by Crippen LogP contribution is -2.44. The van der Waals surface area contributed by atoms with Gasteiger partial charge in [0.15, 0.2) is 0 Å². The van der Waals surface area contributed by atoms with E-state index in [2.05, 4.69) is 32.6 Å². The van der Waals surface area contributed by atoms with E-state index in [4.69, 9.17) is 27.9 Å². The van der Waals surface area contributed by atoms with Crippen LogP contribution in [-0.4, -0.2) is 56.1 Å². The largest absolute Gasteiger partial charge is 0.425 e. The van der Waals surface area contributed by atoms with E-state index in [1.807, 2.05) is 29.7 Å². The first kappa shape index (κ1) is 27.7. The van der Waals surface area contributed by atoms with Gasteiger partial charge in [0.1, 0.15) is 5.75 Å². The number of hydrogen-bond donors (Lipinski definition) is 1. The Kier molecular flexibility index (Phi) is 8.07. The zero-order chi connectivity index (χ0) is 27.7. The molecule has 1 aliphatic rings. The zero-order valence-corrected chi connectivity index (χ0v) is 24.4. The monoisotopic (exact) mass is 587 g/mol. The van der Waals surface area contributed by atoms with Crippen molar-refractivity contribution in [3.63, 3.8) is 0 Å². The number of anilines is 1. The molecule has 0 bridgehead atoms. The highest BCUT2D eigenvalue weighted by Crippen LogP contribution is 2.32. The van der Waals surface area contributed by atoms with E-state index in [1.54, 1.807) is 31.3 Å². The van der Waals surface area contributed by atoms with Gasteiger partial charge in [0.2, 0.25) is 10.0 Å². The minimum atomic E-state index is -3.87. The lowest BCUT2D eigenvalue weighted by Gasteiger charge is -2.34. The number of rotatable bonds is 8. The Labute approximate surface area is 239 Å². The average Bonchev–Trinajstić information content (AvgIpc) is 3.33. The van der Waals surface area contributed by atoms with Crippen molar-refractivity contribution in [3.8, 4) is 11.8 Å². The number of imidazole rings is 1. The molecule has 39 heavy (non-hydrogen) atoms. The molecule has 0 spiro atoms. The summed E-state index contributed by atoms with van der Waals surface area (Å²) >= 11 is 12.6. The predicted molar refractivity (Wildman–Crippen MR) is 157 cm³/mol. The van der Waals surface area contributed by atoms with Crippen LogP contribution in [-0.2, 0) is 16.6 Å². The zero-order valence-electron chi connectivity index (χ0n) is 22.1. The Bertz CT molecular complexity index is 1600. The Morgan fingerprint density at radius 1 is 1.00 bits per heavy atom. The summed E-state index contributed by atoms with van der Waals surface area (Å²) in [5, 5.41) is 2.21. The number of fused-ring (bicyclic) bond motifs is 1. The lowest BCUT2D eigenvalue weighted by atomic mass is 10.1. The van der Waals surface area contributed by atoms with Crippen LogP contribution in [0.3, 0.4) is 0 Å². The first-order chi connectivity index (χ1) is 18.7. The molecular formula is C28H31Cl2N5O3S. The summed E-state index contributed by atoms with van der Waals surface area (Å²) in [6, 6.07) is 15.9. The van der Waals surface area contributed by atoms with Crippen molar-refractivity contribution < 1.29 is 13.2 Å². The van der Waals surface area contributed by atoms with E-state index < -0.39 is 16.1 Å². The van der Waals surface area contributed by atoms with E-state index in [-0.39, 0.29) is 4.90 Å². The summed E-state index contributed by atoms with van der Waals surface area (Å²) in [5.74, 6) is 0.679. The van der Waals surface area contributed by atoms with Gasteiger partial charge in [-0.2, -0.15) is 0 Å². The molecule has 2 heterocycles. The molecule has 1 unspecified atom stereocenters. The molecule has 0 radical (unpaired) electrons. The number of benzene rings is 3. The normalized spacial score (nSPS) is 15.6. The fourth-order valence-corrected chi connectivity index (χ4v) is 6.50. The van der Waals surface area contributed by atoms with Gasteiger partial charge in [-0.15, -0.1) is 0 Å². The van der Waals surface area contributed by atoms with Crippen molar-refractivity contribution in [2.24, 2.45) is 0 Å². The molecule has 206 valence electrons. The van der Waals surface area contributed by atoms with Crippen LogP contribution < -0.4 is 14.4 Å². The van der Waals surface area contributed by atoms with Crippen LogP contribution in [0.5, 0.6) is 11.8 Å². The highest BCUT2D eigenvalue weighted by atomic mass is 35.5. The molecule has 5 rings (SSSR count). The number of halogens is 2. The summed E-state index contributed by atoms with van der Waals surface area (Å²) < 4.78 is 37.4. The van der Waals surface area contributed by atoms with E-state index in [1.165, 1.54) is 12.1 Å². The molecule has 1 fully saturated rings. The third kappa shape index (κ3) is 5.88. The Morgan fingerprint density at radius 3 is 2.44 bits per heavy atom. The van der Waals surface area contributed by atoms with Crippen molar-refractivity contribution in [3.05, 3.63) is 76.5 Å². The van der Waals surface area contributed by atoms with Gasteiger partial charge in [0.25, 0.3) is 0 Å². The minimum absolute atomic E-state index is 0.103. The molecule has 1 aliphatic heterocycles. The fourth-order valence-electron chi connectivity index (χ4n) is 4.81. The summed E-state index contributed by atoms with van der Waals surface area (Å²) in [7, 11) is -1.74. The molecule has 1 saturated heterocycles. The Hall–Kier alpha value is -2.82. The van der Waals surface area contributed by atoms with Crippen LogP contribution in [0.1, 0.15) is 25.6 Å². The van der Waals surface area contributed by atoms with Gasteiger partial charge in [0, 0.05) is 65.3 Å². The molecule has 0 aliphatic carbocycles. The summed E-state index contributed by atoms with van der Waals surface area (Å²) in [6.07, 6.45) is 1.65. The summed E-state index contributed by atoms with van der Waals surface area (Å²) in [6.45, 7) is 8.26. The fraction of sp³-hybridized carbons (Fsp3) is 0.321. The van der Waals surface area contributed by atoms with Crippen LogP contribution in [0.25, 0.3) is 10.8 Å². The smallest absolute Gasteiger partial charge is 0.302 e. The number of piperazine rings is 1. The van der Waals surface area contributed by atoms with Crippen LogP contribution in [0.15, 0.2) is 65.7 Å². The molecule has 3 aromatic carbocycles. The number of nitrogens with zero attached hydrogens (tertiary/aromatic N) is 4. The molecule has 1 aromatic heterocycles. The van der Waals surface area contributed by atoms with Crippen molar-refractivity contribution in [2.75, 3.05) is 38.1 Å². The maximum absolute atomic E-state index is 13.3. The third-order valence-electron chi connectivity index (χ3n) is 7.03. The van der Waals surface area contributed by atoms with Crippen LogP contribution in [0.2, 0.25) is 10.0 Å². The quantitative estimate of drug-likeness (QED) is 0.274. The number of ether oxygens (including phenoxy) is 1. The second-order valence-corrected chi connectivity index (χ2v) is 12.2. The van der Waals surface area contributed by atoms with Crippen LogP contribution in [0, 0.1) is 0 Å². The topological polar surface area (TPSA) is 79.7 Å². The van der Waals surface area contributed by atoms with Crippen LogP contribution >= 0.6 is 23.2 Å². The van der Waals surface area contributed by atoms with Crippen LogP contribution in [0.4, 0.5) is 5.69 Å². The molecule has 0 saturated carbocycles. The number of hydrogen-bond acceptors (Lipinski definition) is 6. The molecule has 0 amide bonds. The molecule has 8 nitrogen and oxygen atoms in total. The molecule has 1 atom stereocenters. The van der Waals surface area contributed by atoms with E-state index in [0.29, 0.717) is 44.8 Å². The van der Waals surface area contributed by atoms with Gasteiger partial charge >= 0.3 is 6.01 Å². The third-order valence-corrected chi connectivity index (χ3v) is 9.23.